The Labute approximate surface area is 208 Å². The Morgan fingerprint density at radius 2 is 2.00 bits per heavy atom. The molecular weight excluding hydrogens is 498 g/mol. The SMILES string of the molecule is CC1CC[NH+](CCCNC(=O)CN2C(=O)C(=Cc3cccc(Br)c3)Sc3ccccc32)CC1. The molecule has 2 aliphatic heterocycles. The quantitative estimate of drug-likeness (QED) is 0.425. The maximum atomic E-state index is 13.3. The molecule has 0 aliphatic carbocycles. The van der Waals surface area contributed by atoms with Crippen LogP contribution in [0.4, 0.5) is 5.69 Å². The van der Waals surface area contributed by atoms with E-state index in [9.17, 15) is 9.59 Å². The number of thioether (sulfide) groups is 1. The third-order valence-corrected chi connectivity index (χ3v) is 7.86. The lowest BCUT2D eigenvalue weighted by molar-refractivity contribution is -0.906. The number of nitrogens with zero attached hydrogens (tertiary/aromatic N) is 1. The predicted octanol–water partition coefficient (Wildman–Crippen LogP) is 3.75. The second kappa shape index (κ2) is 11.4. The van der Waals surface area contributed by atoms with Gasteiger partial charge in [-0.25, -0.2) is 0 Å². The van der Waals surface area contributed by atoms with E-state index in [0.717, 1.165) is 39.5 Å². The largest absolute Gasteiger partial charge is 0.354 e. The van der Waals surface area contributed by atoms with Crippen LogP contribution in [-0.2, 0) is 9.59 Å². The zero-order valence-electron chi connectivity index (χ0n) is 19.0. The molecule has 0 saturated carbocycles. The van der Waals surface area contributed by atoms with Crippen molar-refractivity contribution < 1.29 is 14.5 Å². The summed E-state index contributed by atoms with van der Waals surface area (Å²) in [6, 6.07) is 15.6. The number of amides is 2. The van der Waals surface area contributed by atoms with Gasteiger partial charge in [0.2, 0.25) is 5.91 Å². The summed E-state index contributed by atoms with van der Waals surface area (Å²) >= 11 is 4.94. The fourth-order valence-corrected chi connectivity index (χ4v) is 5.83. The molecule has 2 aromatic carbocycles. The van der Waals surface area contributed by atoms with Crippen LogP contribution < -0.4 is 15.1 Å². The topological polar surface area (TPSA) is 53.9 Å². The van der Waals surface area contributed by atoms with Gasteiger partial charge >= 0.3 is 0 Å². The Morgan fingerprint density at radius 1 is 1.21 bits per heavy atom. The van der Waals surface area contributed by atoms with Crippen LogP contribution in [0.25, 0.3) is 6.08 Å². The number of hydrogen-bond acceptors (Lipinski definition) is 3. The van der Waals surface area contributed by atoms with Gasteiger partial charge in [0.25, 0.3) is 5.91 Å². The lowest BCUT2D eigenvalue weighted by atomic mass is 9.99. The number of likely N-dealkylation sites (tertiary alicyclic amines) is 1. The average Bonchev–Trinajstić information content (AvgIpc) is 2.81. The van der Waals surface area contributed by atoms with Gasteiger partial charge in [0.1, 0.15) is 6.54 Å². The number of hydrogen-bond donors (Lipinski definition) is 2. The number of carbonyl (C=O) groups excluding carboxylic acids is 2. The van der Waals surface area contributed by atoms with Crippen molar-refractivity contribution in [1.29, 1.82) is 0 Å². The highest BCUT2D eigenvalue weighted by molar-refractivity contribution is 9.10. The normalized spacial score (nSPS) is 21.7. The first-order valence-corrected chi connectivity index (χ1v) is 13.3. The molecule has 0 radical (unpaired) electrons. The molecule has 0 spiro atoms. The van der Waals surface area contributed by atoms with Crippen molar-refractivity contribution in [3.05, 3.63) is 63.5 Å². The summed E-state index contributed by atoms with van der Waals surface area (Å²) in [7, 11) is 0. The van der Waals surface area contributed by atoms with Crippen molar-refractivity contribution in [1.82, 2.24) is 5.32 Å². The van der Waals surface area contributed by atoms with Crippen molar-refractivity contribution in [2.75, 3.05) is 37.6 Å². The van der Waals surface area contributed by atoms with E-state index < -0.39 is 0 Å². The molecule has 33 heavy (non-hydrogen) atoms. The molecule has 174 valence electrons. The molecule has 7 heteroatoms. The minimum atomic E-state index is -0.138. The molecule has 2 heterocycles. The van der Waals surface area contributed by atoms with E-state index in [-0.39, 0.29) is 18.4 Å². The molecule has 5 nitrogen and oxygen atoms in total. The van der Waals surface area contributed by atoms with Crippen molar-refractivity contribution in [2.24, 2.45) is 5.92 Å². The number of carbonyl (C=O) groups is 2. The van der Waals surface area contributed by atoms with E-state index in [1.807, 2.05) is 54.6 Å². The molecule has 2 amide bonds. The van der Waals surface area contributed by atoms with Crippen molar-refractivity contribution >= 4 is 51.3 Å². The first-order chi connectivity index (χ1) is 16.0. The van der Waals surface area contributed by atoms with Crippen LogP contribution in [0.15, 0.2) is 62.8 Å². The lowest BCUT2D eigenvalue weighted by Gasteiger charge is -2.30. The fraction of sp³-hybridized carbons (Fsp3) is 0.385. The van der Waals surface area contributed by atoms with E-state index in [0.29, 0.717) is 11.4 Å². The minimum Gasteiger partial charge on any atom is -0.354 e. The number of nitrogens with one attached hydrogen (secondary N) is 2. The van der Waals surface area contributed by atoms with Crippen LogP contribution in [0.3, 0.4) is 0 Å². The Hall–Kier alpha value is -2.09. The Morgan fingerprint density at radius 3 is 2.79 bits per heavy atom. The highest BCUT2D eigenvalue weighted by Crippen LogP contribution is 2.41. The van der Waals surface area contributed by atoms with Crippen LogP contribution >= 0.6 is 27.7 Å². The van der Waals surface area contributed by atoms with Crippen molar-refractivity contribution in [3.63, 3.8) is 0 Å². The number of para-hydroxylation sites is 1. The third-order valence-electron chi connectivity index (χ3n) is 6.29. The second-order valence-electron chi connectivity index (χ2n) is 8.91. The Balaban J connectivity index is 1.38. The predicted molar refractivity (Wildman–Crippen MR) is 138 cm³/mol. The molecule has 0 unspecified atom stereocenters. The number of quaternary nitrogens is 1. The van der Waals surface area contributed by atoms with E-state index in [1.54, 1.807) is 9.80 Å². The van der Waals surface area contributed by atoms with Gasteiger partial charge in [0, 0.05) is 22.3 Å². The molecule has 0 aromatic heterocycles. The van der Waals surface area contributed by atoms with Crippen LogP contribution in [0.5, 0.6) is 0 Å². The number of piperidine rings is 1. The average molecular weight is 530 g/mol. The summed E-state index contributed by atoms with van der Waals surface area (Å²) in [6.45, 7) is 6.57. The molecule has 1 fully saturated rings. The van der Waals surface area contributed by atoms with Gasteiger partial charge in [-0.1, -0.05) is 58.9 Å². The van der Waals surface area contributed by atoms with Gasteiger partial charge in [0.05, 0.1) is 30.2 Å². The lowest BCUT2D eigenvalue weighted by Crippen LogP contribution is -3.13. The van der Waals surface area contributed by atoms with Crippen LogP contribution in [0.2, 0.25) is 0 Å². The molecule has 2 aliphatic rings. The summed E-state index contributed by atoms with van der Waals surface area (Å²) in [5.74, 6) is 0.591. The summed E-state index contributed by atoms with van der Waals surface area (Å²) in [5, 5.41) is 3.02. The molecule has 2 N–H and O–H groups in total. The molecule has 0 bridgehead atoms. The fourth-order valence-electron chi connectivity index (χ4n) is 4.35. The van der Waals surface area contributed by atoms with E-state index in [2.05, 4.69) is 28.2 Å². The highest BCUT2D eigenvalue weighted by Gasteiger charge is 2.30. The third kappa shape index (κ3) is 6.49. The van der Waals surface area contributed by atoms with Crippen molar-refractivity contribution in [3.8, 4) is 0 Å². The second-order valence-corrected chi connectivity index (χ2v) is 10.9. The Kier molecular flexibility index (Phi) is 8.28. The monoisotopic (exact) mass is 528 g/mol. The standard InChI is InChI=1S/C26H30BrN3O2S/c1-19-10-14-29(15-11-19)13-5-12-28-25(31)18-30-22-8-2-3-9-23(22)33-24(26(30)32)17-20-6-4-7-21(27)16-20/h2-4,6-9,16-17,19H,5,10-15,18H2,1H3,(H,28,31)/p+1. The summed E-state index contributed by atoms with van der Waals surface area (Å²) in [6.07, 6.45) is 5.45. The maximum absolute atomic E-state index is 13.3. The van der Waals surface area contributed by atoms with Gasteiger partial charge in [-0.05, 0) is 54.7 Å². The van der Waals surface area contributed by atoms with Gasteiger partial charge < -0.3 is 10.2 Å². The molecular formula is C26H31BrN3O2S+. The number of anilines is 1. The smallest absolute Gasteiger partial charge is 0.265 e. The highest BCUT2D eigenvalue weighted by atomic mass is 79.9. The maximum Gasteiger partial charge on any atom is 0.265 e. The summed E-state index contributed by atoms with van der Waals surface area (Å²) < 4.78 is 0.961. The first-order valence-electron chi connectivity index (χ1n) is 11.7. The van der Waals surface area contributed by atoms with Crippen LogP contribution in [-0.4, -0.2) is 44.5 Å². The van der Waals surface area contributed by atoms with Crippen molar-refractivity contribution in [2.45, 2.75) is 31.1 Å². The summed E-state index contributed by atoms with van der Waals surface area (Å²) in [4.78, 5) is 30.9. The zero-order valence-corrected chi connectivity index (χ0v) is 21.4. The van der Waals surface area contributed by atoms with Crippen LogP contribution in [0, 0.1) is 5.92 Å². The van der Waals surface area contributed by atoms with Gasteiger partial charge in [-0.2, -0.15) is 0 Å². The zero-order chi connectivity index (χ0) is 23.2. The number of fused-ring (bicyclic) bond motifs is 1. The van der Waals surface area contributed by atoms with Gasteiger partial charge in [0.15, 0.2) is 0 Å². The number of benzene rings is 2. The number of rotatable bonds is 7. The molecule has 1 saturated heterocycles. The van der Waals surface area contributed by atoms with Crippen LogP contribution in [0.1, 0.15) is 31.7 Å². The molecule has 4 rings (SSSR count). The summed E-state index contributed by atoms with van der Waals surface area (Å²) in [5.41, 5.74) is 1.74. The minimum absolute atomic E-state index is 0.0281. The number of halogens is 1. The molecule has 0 atom stereocenters. The first kappa shape index (κ1) is 24.0. The van der Waals surface area contributed by atoms with E-state index >= 15 is 0 Å². The van der Waals surface area contributed by atoms with E-state index in [4.69, 9.17) is 0 Å². The van der Waals surface area contributed by atoms with E-state index in [1.165, 1.54) is 37.7 Å². The van der Waals surface area contributed by atoms with Gasteiger partial charge in [-0.3, -0.25) is 14.5 Å². The Bertz CT molecular complexity index is 1030. The molecule has 2 aromatic rings. The van der Waals surface area contributed by atoms with Gasteiger partial charge in [-0.15, -0.1) is 0 Å².